The van der Waals surface area contributed by atoms with Crippen LogP contribution in [0.4, 0.5) is 15.9 Å². The zero-order valence-corrected chi connectivity index (χ0v) is 13.1. The number of thiophene rings is 1. The molecule has 0 aliphatic rings. The quantitative estimate of drug-likeness (QED) is 0.490. The fourth-order valence-electron chi connectivity index (χ4n) is 1.64. The molecule has 3 aromatic rings. The van der Waals surface area contributed by atoms with Gasteiger partial charge in [-0.25, -0.2) is 9.37 Å². The minimum absolute atomic E-state index is 0.186. The zero-order valence-electron chi connectivity index (χ0n) is 9.32. The zero-order chi connectivity index (χ0) is 13.4. The molecule has 7 heteroatoms. The molecule has 0 amide bonds. The largest absolute Gasteiger partial charge is 0.338 e. The Labute approximate surface area is 131 Å². The van der Waals surface area contributed by atoms with Crippen LogP contribution in [0.2, 0.25) is 5.28 Å². The van der Waals surface area contributed by atoms with Crippen LogP contribution in [0.25, 0.3) is 10.2 Å². The van der Waals surface area contributed by atoms with E-state index >= 15 is 0 Å². The number of rotatable bonds is 2. The van der Waals surface area contributed by atoms with Crippen molar-refractivity contribution in [1.82, 2.24) is 9.97 Å². The van der Waals surface area contributed by atoms with Crippen molar-refractivity contribution in [2.24, 2.45) is 0 Å². The van der Waals surface area contributed by atoms with E-state index in [-0.39, 0.29) is 11.1 Å². The number of anilines is 2. The van der Waals surface area contributed by atoms with E-state index in [1.807, 2.05) is 11.4 Å². The fourth-order valence-corrected chi connectivity index (χ4v) is 3.20. The maximum atomic E-state index is 13.1. The van der Waals surface area contributed by atoms with Crippen LogP contribution in [0, 0.1) is 9.39 Å². The van der Waals surface area contributed by atoms with Gasteiger partial charge in [-0.15, -0.1) is 11.3 Å². The Balaban J connectivity index is 2.07. The maximum absolute atomic E-state index is 13.1. The predicted octanol–water partition coefficient (Wildman–Crippen LogP) is 4.83. The minimum Gasteiger partial charge on any atom is -0.338 e. The van der Waals surface area contributed by atoms with Gasteiger partial charge in [-0.3, -0.25) is 0 Å². The van der Waals surface area contributed by atoms with Crippen molar-refractivity contribution in [2.75, 3.05) is 5.32 Å². The van der Waals surface area contributed by atoms with Gasteiger partial charge in [0, 0.05) is 3.57 Å². The molecule has 0 spiro atoms. The molecule has 0 saturated heterocycles. The first-order valence-corrected chi connectivity index (χ1v) is 7.60. The summed E-state index contributed by atoms with van der Waals surface area (Å²) in [5.74, 6) is 0.367. The highest BCUT2D eigenvalue weighted by Crippen LogP contribution is 2.31. The van der Waals surface area contributed by atoms with Gasteiger partial charge in [0.25, 0.3) is 0 Å². The van der Waals surface area contributed by atoms with Gasteiger partial charge in [0.2, 0.25) is 5.28 Å². The summed E-state index contributed by atoms with van der Waals surface area (Å²) in [6.07, 6.45) is 0. The molecule has 0 bridgehead atoms. The van der Waals surface area contributed by atoms with Crippen molar-refractivity contribution < 1.29 is 4.39 Å². The Morgan fingerprint density at radius 3 is 2.89 bits per heavy atom. The average molecular weight is 406 g/mol. The summed E-state index contributed by atoms with van der Waals surface area (Å²) in [7, 11) is 0. The summed E-state index contributed by atoms with van der Waals surface area (Å²) >= 11 is 9.49. The molecule has 0 unspecified atom stereocenters. The molecule has 19 heavy (non-hydrogen) atoms. The highest BCUT2D eigenvalue weighted by Gasteiger charge is 2.10. The van der Waals surface area contributed by atoms with Crippen LogP contribution in [0.15, 0.2) is 29.6 Å². The molecule has 0 radical (unpaired) electrons. The standard InChI is InChI=1S/C12H6ClFIN3S/c13-12-17-9-3-4-19-10(9)11(18-12)16-8-2-1-6(14)5-7(8)15/h1-5H,(H,16,17,18). The van der Waals surface area contributed by atoms with E-state index in [9.17, 15) is 4.39 Å². The van der Waals surface area contributed by atoms with E-state index < -0.39 is 0 Å². The smallest absolute Gasteiger partial charge is 0.224 e. The van der Waals surface area contributed by atoms with E-state index in [1.165, 1.54) is 23.5 Å². The topological polar surface area (TPSA) is 37.8 Å². The summed E-state index contributed by atoms with van der Waals surface area (Å²) in [5, 5.41) is 5.28. The summed E-state index contributed by atoms with van der Waals surface area (Å²) in [5.41, 5.74) is 1.58. The van der Waals surface area contributed by atoms with E-state index in [0.29, 0.717) is 5.82 Å². The number of benzene rings is 1. The van der Waals surface area contributed by atoms with Crippen molar-refractivity contribution >= 4 is 67.3 Å². The predicted molar refractivity (Wildman–Crippen MR) is 84.8 cm³/mol. The Morgan fingerprint density at radius 2 is 2.11 bits per heavy atom. The Morgan fingerprint density at radius 1 is 1.26 bits per heavy atom. The van der Waals surface area contributed by atoms with Gasteiger partial charge in [-0.2, -0.15) is 4.98 Å². The number of hydrogen-bond donors (Lipinski definition) is 1. The van der Waals surface area contributed by atoms with Crippen molar-refractivity contribution in [3.05, 3.63) is 44.3 Å². The van der Waals surface area contributed by atoms with Crippen molar-refractivity contribution in [1.29, 1.82) is 0 Å². The fraction of sp³-hybridized carbons (Fsp3) is 0. The van der Waals surface area contributed by atoms with Crippen molar-refractivity contribution in [3.63, 3.8) is 0 Å². The first-order valence-electron chi connectivity index (χ1n) is 5.26. The van der Waals surface area contributed by atoms with Crippen molar-refractivity contribution in [2.45, 2.75) is 0 Å². The molecule has 3 nitrogen and oxygen atoms in total. The lowest BCUT2D eigenvalue weighted by Gasteiger charge is -2.08. The molecular weight excluding hydrogens is 400 g/mol. The van der Waals surface area contributed by atoms with E-state index in [4.69, 9.17) is 11.6 Å². The summed E-state index contributed by atoms with van der Waals surface area (Å²) in [6, 6.07) is 6.41. The summed E-state index contributed by atoms with van der Waals surface area (Å²) < 4.78 is 14.8. The summed E-state index contributed by atoms with van der Waals surface area (Å²) in [4.78, 5) is 8.33. The third-order valence-electron chi connectivity index (χ3n) is 2.46. The van der Waals surface area contributed by atoms with Crippen LogP contribution in [0.5, 0.6) is 0 Å². The van der Waals surface area contributed by atoms with E-state index in [2.05, 4.69) is 37.9 Å². The van der Waals surface area contributed by atoms with Crippen molar-refractivity contribution in [3.8, 4) is 0 Å². The molecule has 3 rings (SSSR count). The van der Waals surface area contributed by atoms with Gasteiger partial charge in [0.15, 0.2) is 5.82 Å². The third-order valence-corrected chi connectivity index (χ3v) is 4.43. The van der Waals surface area contributed by atoms with Crippen LogP contribution in [-0.2, 0) is 0 Å². The molecule has 1 N–H and O–H groups in total. The lowest BCUT2D eigenvalue weighted by Crippen LogP contribution is -1.97. The van der Waals surface area contributed by atoms with Gasteiger partial charge in [-0.05, 0) is 63.8 Å². The molecule has 0 saturated carbocycles. The molecule has 2 heterocycles. The van der Waals surface area contributed by atoms with Crippen LogP contribution >= 0.6 is 45.5 Å². The molecule has 96 valence electrons. The van der Waals surface area contributed by atoms with Gasteiger partial charge in [-0.1, -0.05) is 0 Å². The number of hydrogen-bond acceptors (Lipinski definition) is 4. The minimum atomic E-state index is -0.267. The molecule has 0 aliphatic carbocycles. The number of nitrogens with one attached hydrogen (secondary N) is 1. The van der Waals surface area contributed by atoms with Crippen LogP contribution in [-0.4, -0.2) is 9.97 Å². The number of fused-ring (bicyclic) bond motifs is 1. The monoisotopic (exact) mass is 405 g/mol. The van der Waals surface area contributed by atoms with Crippen LogP contribution < -0.4 is 5.32 Å². The first kappa shape index (κ1) is 13.0. The van der Waals surface area contributed by atoms with Gasteiger partial charge < -0.3 is 5.32 Å². The van der Waals surface area contributed by atoms with Gasteiger partial charge in [0.1, 0.15) is 5.82 Å². The van der Waals surface area contributed by atoms with E-state index in [1.54, 1.807) is 6.07 Å². The molecule has 1 aromatic carbocycles. The number of nitrogens with zero attached hydrogens (tertiary/aromatic N) is 2. The molecule has 2 aromatic heterocycles. The van der Waals surface area contributed by atoms with E-state index in [0.717, 1.165) is 19.5 Å². The highest BCUT2D eigenvalue weighted by atomic mass is 127. The summed E-state index contributed by atoms with van der Waals surface area (Å²) in [6.45, 7) is 0. The van der Waals surface area contributed by atoms with Gasteiger partial charge >= 0.3 is 0 Å². The number of aromatic nitrogens is 2. The second-order valence-corrected chi connectivity index (χ2v) is 6.14. The molecular formula is C12H6ClFIN3S. The second kappa shape index (κ2) is 5.18. The Kier molecular flexibility index (Phi) is 3.55. The normalized spacial score (nSPS) is 10.9. The lowest BCUT2D eigenvalue weighted by molar-refractivity contribution is 0.627. The third kappa shape index (κ3) is 2.65. The lowest BCUT2D eigenvalue weighted by atomic mass is 10.3. The van der Waals surface area contributed by atoms with Crippen LogP contribution in [0.1, 0.15) is 0 Å². The molecule has 0 aliphatic heterocycles. The Bertz CT molecular complexity index is 762. The van der Waals surface area contributed by atoms with Crippen LogP contribution in [0.3, 0.4) is 0 Å². The molecule has 0 atom stereocenters. The number of halogens is 3. The second-order valence-electron chi connectivity index (χ2n) is 3.73. The first-order chi connectivity index (χ1) is 9.13. The molecule has 0 fully saturated rings. The highest BCUT2D eigenvalue weighted by molar-refractivity contribution is 14.1. The average Bonchev–Trinajstić information content (AvgIpc) is 2.80. The maximum Gasteiger partial charge on any atom is 0.224 e. The Hall–Kier alpha value is -0.990. The SMILES string of the molecule is Fc1ccc(Nc2nc(Cl)nc3ccsc23)c(I)c1. The van der Waals surface area contributed by atoms with Gasteiger partial charge in [0.05, 0.1) is 15.9 Å².